The van der Waals surface area contributed by atoms with Gasteiger partial charge in [0, 0.05) is 54.9 Å². The van der Waals surface area contributed by atoms with Gasteiger partial charge in [-0.1, -0.05) is 43.3 Å². The monoisotopic (exact) mass is 1140 g/mol. The largest absolute Gasteiger partial charge is 0.493 e. The van der Waals surface area contributed by atoms with Crippen LogP contribution in [0.4, 0.5) is 11.4 Å². The molecule has 0 saturated carbocycles. The molecule has 5 aromatic carbocycles. The highest BCUT2D eigenvalue weighted by Gasteiger charge is 2.41. The number of azo groups is 1. The minimum Gasteiger partial charge on any atom is -0.493 e. The SMILES string of the molecule is CC[C@H](C(=O)N1CCCC[C@H]1C(=O)O[C@H](CCc1ccc(OC)c(OC)c1)c1ccccc1OCC(=O)NCCCOc1c(OC)cc(N=Nc2cccc3c2CN(C2CCC(=O)NC2=O)C3=O)cc1OC)c1cc(C)c(OC)c(OC)c1. The van der Waals surface area contributed by atoms with Crippen molar-refractivity contribution in [2.45, 2.75) is 102 Å². The Bertz CT molecular complexity index is 3200. The zero-order chi connectivity index (χ0) is 59.2. The standard InChI is InChI=1S/C62H72N6O15/c1-9-41(39-30-37(2)57(80-8)52(32-39)77-5)60(72)67-28-13-12-19-47(67)62(74)83-49(24-21-38-22-25-50(75-3)51(31-38)76-4)43-16-10-11-20-48(43)82-36-56(70)63-27-15-29-81-58-53(78-6)33-40(34-54(58)79-7)65-66-45-18-14-17-42-44(45)35-68(61(42)73)46-23-26-55(69)64-59(46)71/h10-11,14,16-18,20,22,25,30-34,41,46-47,49H,9,12-13,15,19,21,23-24,26-29,35-36H2,1-8H3,(H,63,70)(H,64,69,71)/t41-,46?,47-,49+/m0/s1. The lowest BCUT2D eigenvalue weighted by Crippen LogP contribution is -2.52. The van der Waals surface area contributed by atoms with Crippen molar-refractivity contribution >= 4 is 46.9 Å². The molecule has 4 atom stereocenters. The van der Waals surface area contributed by atoms with Crippen LogP contribution in [0.15, 0.2) is 95.2 Å². The number of carbonyl (C=O) groups is 6. The van der Waals surface area contributed by atoms with Gasteiger partial charge in [-0.25, -0.2) is 4.79 Å². The summed E-state index contributed by atoms with van der Waals surface area (Å²) in [4.78, 5) is 83.4. The molecule has 0 bridgehead atoms. The molecule has 1 unspecified atom stereocenters. The lowest BCUT2D eigenvalue weighted by atomic mass is 9.91. The van der Waals surface area contributed by atoms with E-state index in [4.69, 9.17) is 42.6 Å². The van der Waals surface area contributed by atoms with Gasteiger partial charge in [-0.2, -0.15) is 10.2 Å². The van der Waals surface area contributed by atoms with Gasteiger partial charge in [-0.3, -0.25) is 29.3 Å². The number of aryl methyl sites for hydroxylation is 2. The summed E-state index contributed by atoms with van der Waals surface area (Å²) in [5, 5.41) is 14.1. The third-order valence-electron chi connectivity index (χ3n) is 15.0. The molecule has 21 nitrogen and oxygen atoms in total. The van der Waals surface area contributed by atoms with Crippen molar-refractivity contribution in [3.63, 3.8) is 0 Å². The van der Waals surface area contributed by atoms with E-state index in [-0.39, 0.29) is 56.9 Å². The van der Waals surface area contributed by atoms with Gasteiger partial charge < -0.3 is 57.7 Å². The Morgan fingerprint density at radius 3 is 2.19 bits per heavy atom. The summed E-state index contributed by atoms with van der Waals surface area (Å²) in [6.45, 7) is 4.44. The minimum absolute atomic E-state index is 0.135. The molecule has 2 fully saturated rings. The van der Waals surface area contributed by atoms with Crippen LogP contribution in [0.25, 0.3) is 0 Å². The zero-order valence-electron chi connectivity index (χ0n) is 48.2. The first-order valence-electron chi connectivity index (χ1n) is 27.7. The average Bonchev–Trinajstić information content (AvgIpc) is 4.13. The van der Waals surface area contributed by atoms with Gasteiger partial charge in [0.2, 0.25) is 23.5 Å². The topological polar surface area (TPSA) is 241 Å². The maximum Gasteiger partial charge on any atom is 0.329 e. The Balaban J connectivity index is 0.901. The molecule has 83 heavy (non-hydrogen) atoms. The number of piperidine rings is 2. The van der Waals surface area contributed by atoms with E-state index < -0.39 is 41.9 Å². The van der Waals surface area contributed by atoms with Crippen LogP contribution in [-0.4, -0.2) is 126 Å². The fourth-order valence-corrected chi connectivity index (χ4v) is 10.8. The normalized spacial score (nSPS) is 16.6. The highest BCUT2D eigenvalue weighted by atomic mass is 16.6. The fourth-order valence-electron chi connectivity index (χ4n) is 10.8. The van der Waals surface area contributed by atoms with Crippen molar-refractivity contribution in [3.05, 3.63) is 118 Å². The molecule has 0 aromatic heterocycles. The number of ether oxygens (including phenoxy) is 9. The van der Waals surface area contributed by atoms with E-state index in [2.05, 4.69) is 20.9 Å². The number of likely N-dealkylation sites (tertiary alicyclic amines) is 1. The molecule has 3 heterocycles. The second kappa shape index (κ2) is 28.2. The predicted octanol–water partition coefficient (Wildman–Crippen LogP) is 8.98. The van der Waals surface area contributed by atoms with Gasteiger partial charge in [-0.15, -0.1) is 0 Å². The van der Waals surface area contributed by atoms with Crippen LogP contribution < -0.4 is 48.5 Å². The average molecular weight is 1140 g/mol. The smallest absolute Gasteiger partial charge is 0.329 e. The number of benzene rings is 5. The van der Waals surface area contributed by atoms with E-state index >= 15 is 0 Å². The van der Waals surface area contributed by atoms with Crippen LogP contribution in [0, 0.1) is 6.92 Å². The Morgan fingerprint density at radius 2 is 1.48 bits per heavy atom. The molecule has 440 valence electrons. The second-order valence-corrected chi connectivity index (χ2v) is 20.2. The summed E-state index contributed by atoms with van der Waals surface area (Å²) < 4.78 is 52.4. The van der Waals surface area contributed by atoms with Gasteiger partial charge >= 0.3 is 5.97 Å². The van der Waals surface area contributed by atoms with Crippen LogP contribution >= 0.6 is 0 Å². The van der Waals surface area contributed by atoms with Gasteiger partial charge in [0.1, 0.15) is 23.9 Å². The number of nitrogens with one attached hydrogen (secondary N) is 2. The van der Waals surface area contributed by atoms with Crippen molar-refractivity contribution in [2.24, 2.45) is 10.2 Å². The van der Waals surface area contributed by atoms with Crippen molar-refractivity contribution in [1.29, 1.82) is 0 Å². The minimum atomic E-state index is -0.844. The van der Waals surface area contributed by atoms with E-state index in [1.807, 2.05) is 56.3 Å². The number of carbonyl (C=O) groups excluding carboxylic acids is 6. The van der Waals surface area contributed by atoms with Crippen molar-refractivity contribution in [2.75, 3.05) is 69.0 Å². The molecule has 21 heteroatoms. The van der Waals surface area contributed by atoms with Crippen molar-refractivity contribution in [1.82, 2.24) is 20.4 Å². The molecule has 2 saturated heterocycles. The van der Waals surface area contributed by atoms with Gasteiger partial charge in [0.15, 0.2) is 41.1 Å². The first-order chi connectivity index (χ1) is 40.2. The number of nitrogens with zero attached hydrogens (tertiary/aromatic N) is 4. The van der Waals surface area contributed by atoms with Crippen LogP contribution in [0.1, 0.15) is 108 Å². The molecule has 5 aromatic rings. The van der Waals surface area contributed by atoms with Gasteiger partial charge in [-0.05, 0) is 111 Å². The van der Waals surface area contributed by atoms with Crippen molar-refractivity contribution < 1.29 is 71.4 Å². The Hall–Kier alpha value is -8.88. The third-order valence-corrected chi connectivity index (χ3v) is 15.0. The van der Waals surface area contributed by atoms with Crippen LogP contribution in [0.3, 0.4) is 0 Å². The van der Waals surface area contributed by atoms with Gasteiger partial charge in [0.25, 0.3) is 11.8 Å². The molecule has 0 aliphatic carbocycles. The van der Waals surface area contributed by atoms with Crippen LogP contribution in [0.2, 0.25) is 0 Å². The van der Waals surface area contributed by atoms with E-state index in [1.165, 1.54) is 19.1 Å². The Morgan fingerprint density at radius 1 is 0.747 bits per heavy atom. The number of hydrogen-bond donors (Lipinski definition) is 2. The molecule has 5 amide bonds. The zero-order valence-corrected chi connectivity index (χ0v) is 48.2. The molecular formula is C62H72N6O15. The summed E-state index contributed by atoms with van der Waals surface area (Å²) in [7, 11) is 9.22. The van der Waals surface area contributed by atoms with Gasteiger partial charge in [0.05, 0.1) is 66.6 Å². The Kier molecular flexibility index (Phi) is 20.5. The summed E-state index contributed by atoms with van der Waals surface area (Å²) in [5.74, 6) is 0.701. The highest BCUT2D eigenvalue weighted by Crippen LogP contribution is 2.43. The molecule has 8 rings (SSSR count). The number of fused-ring (bicyclic) bond motifs is 1. The highest BCUT2D eigenvalue weighted by molar-refractivity contribution is 6.06. The summed E-state index contributed by atoms with van der Waals surface area (Å²) >= 11 is 0. The number of para-hydroxylation sites is 1. The molecule has 3 aliphatic heterocycles. The van der Waals surface area contributed by atoms with E-state index in [0.717, 1.165) is 29.5 Å². The molecular weight excluding hydrogens is 1070 g/mol. The number of hydrogen-bond acceptors (Lipinski definition) is 17. The quantitative estimate of drug-likeness (QED) is 0.0227. The summed E-state index contributed by atoms with van der Waals surface area (Å²) in [6.07, 6.45) is 3.11. The van der Waals surface area contributed by atoms with E-state index in [9.17, 15) is 28.8 Å². The predicted molar refractivity (Wildman–Crippen MR) is 305 cm³/mol. The van der Waals surface area contributed by atoms with E-state index in [0.29, 0.717) is 113 Å². The summed E-state index contributed by atoms with van der Waals surface area (Å²) in [6, 6.07) is 23.2. The fraction of sp³-hybridized carbons (Fsp3) is 0.419. The molecule has 3 aliphatic rings. The molecule has 0 radical (unpaired) electrons. The number of esters is 1. The lowest BCUT2D eigenvalue weighted by Gasteiger charge is -2.37. The first-order valence-corrected chi connectivity index (χ1v) is 27.7. The van der Waals surface area contributed by atoms with Crippen LogP contribution in [0.5, 0.6) is 46.0 Å². The number of imide groups is 1. The molecule has 2 N–H and O–H groups in total. The Labute approximate surface area is 482 Å². The van der Waals surface area contributed by atoms with Crippen LogP contribution in [-0.2, 0) is 41.7 Å². The maximum atomic E-state index is 14.6. The van der Waals surface area contributed by atoms with Crippen molar-refractivity contribution in [3.8, 4) is 46.0 Å². The van der Waals surface area contributed by atoms with E-state index in [1.54, 1.807) is 75.8 Å². The second-order valence-electron chi connectivity index (χ2n) is 20.2. The molecule has 0 spiro atoms. The third kappa shape index (κ3) is 14.1. The maximum absolute atomic E-state index is 14.6. The number of amides is 5. The number of methoxy groups -OCH3 is 6. The first kappa shape index (κ1) is 60.2. The number of rotatable bonds is 26. The lowest BCUT2D eigenvalue weighted by molar-refractivity contribution is -0.162. The summed E-state index contributed by atoms with van der Waals surface area (Å²) in [5.41, 5.74) is 4.89.